The summed E-state index contributed by atoms with van der Waals surface area (Å²) in [6, 6.07) is 9.00. The molecule has 2 aliphatic rings. The van der Waals surface area contributed by atoms with Crippen molar-refractivity contribution in [1.82, 2.24) is 9.55 Å². The Morgan fingerprint density at radius 2 is 1.85 bits per heavy atom. The van der Waals surface area contributed by atoms with E-state index in [4.69, 9.17) is 14.5 Å². The summed E-state index contributed by atoms with van der Waals surface area (Å²) < 4.78 is 12.5. The smallest absolute Gasteiger partial charge is 0.343 e. The van der Waals surface area contributed by atoms with Gasteiger partial charge < -0.3 is 19.1 Å². The first-order chi connectivity index (χ1) is 19.3. The number of hydrogen-bond acceptors (Lipinski definition) is 7. The third-order valence-corrected chi connectivity index (χ3v) is 8.34. The predicted octanol–water partition coefficient (Wildman–Crippen LogP) is 5.76. The Balaban J connectivity index is 1.32. The number of rotatable bonds is 11. The SMILES string of the molecule is CCCCCCCCCC(C)C(=O)Oc1ccc2nc3c(cc2c1)Cn1c-3cc2c(c1=O)COC(=O)[C@]2(O)CC. The molecule has 1 N–H and O–H groups in total. The van der Waals surface area contributed by atoms with Crippen molar-refractivity contribution in [1.29, 1.82) is 0 Å². The number of ether oxygens (including phenoxy) is 2. The van der Waals surface area contributed by atoms with Crippen molar-refractivity contribution in [2.24, 2.45) is 5.92 Å². The Hall–Kier alpha value is -3.52. The molecule has 0 bridgehead atoms. The second-order valence-electron chi connectivity index (χ2n) is 11.2. The molecule has 212 valence electrons. The van der Waals surface area contributed by atoms with E-state index in [1.54, 1.807) is 35.8 Å². The number of aromatic nitrogens is 2. The number of carbonyl (C=O) groups excluding carboxylic acids is 2. The van der Waals surface area contributed by atoms with E-state index >= 15 is 0 Å². The van der Waals surface area contributed by atoms with E-state index in [-0.39, 0.29) is 30.5 Å². The first-order valence-electron chi connectivity index (χ1n) is 14.6. The van der Waals surface area contributed by atoms with Crippen molar-refractivity contribution in [2.75, 3.05) is 0 Å². The minimum Gasteiger partial charge on any atom is -0.458 e. The molecule has 3 aromatic rings. The minimum atomic E-state index is -1.85. The van der Waals surface area contributed by atoms with Gasteiger partial charge in [-0.2, -0.15) is 0 Å². The Labute approximate surface area is 234 Å². The molecule has 1 aromatic carbocycles. The fourth-order valence-corrected chi connectivity index (χ4v) is 5.77. The number of fused-ring (bicyclic) bond motifs is 5. The molecule has 2 aliphatic heterocycles. The zero-order valence-electron chi connectivity index (χ0n) is 23.6. The van der Waals surface area contributed by atoms with Gasteiger partial charge in [0.25, 0.3) is 5.56 Å². The van der Waals surface area contributed by atoms with Crippen LogP contribution in [0.2, 0.25) is 0 Å². The van der Waals surface area contributed by atoms with Crippen molar-refractivity contribution in [2.45, 2.75) is 97.3 Å². The van der Waals surface area contributed by atoms with Crippen LogP contribution in [-0.2, 0) is 33.1 Å². The van der Waals surface area contributed by atoms with Crippen LogP contribution in [0.25, 0.3) is 22.3 Å². The van der Waals surface area contributed by atoms with Crippen molar-refractivity contribution < 1.29 is 24.2 Å². The minimum absolute atomic E-state index is 0.0961. The number of cyclic esters (lactones) is 1. The first-order valence-corrected chi connectivity index (χ1v) is 14.6. The topological polar surface area (TPSA) is 108 Å². The van der Waals surface area contributed by atoms with E-state index in [9.17, 15) is 19.5 Å². The van der Waals surface area contributed by atoms with Gasteiger partial charge in [-0.15, -0.1) is 0 Å². The summed E-state index contributed by atoms with van der Waals surface area (Å²) in [7, 11) is 0. The van der Waals surface area contributed by atoms with Crippen molar-refractivity contribution >= 4 is 22.8 Å². The average molecular weight is 547 g/mol. The zero-order valence-corrected chi connectivity index (χ0v) is 23.6. The second-order valence-corrected chi connectivity index (χ2v) is 11.2. The van der Waals surface area contributed by atoms with Crippen LogP contribution in [0.3, 0.4) is 0 Å². The van der Waals surface area contributed by atoms with Crippen LogP contribution in [0.15, 0.2) is 35.1 Å². The number of carbonyl (C=O) groups is 2. The molecule has 2 atom stereocenters. The third kappa shape index (κ3) is 5.17. The highest BCUT2D eigenvalue weighted by molar-refractivity contribution is 5.87. The summed E-state index contributed by atoms with van der Waals surface area (Å²) >= 11 is 0. The maximum Gasteiger partial charge on any atom is 0.343 e. The molecule has 8 heteroatoms. The maximum absolute atomic E-state index is 13.3. The van der Waals surface area contributed by atoms with Crippen LogP contribution in [0.1, 0.15) is 95.2 Å². The molecule has 0 saturated heterocycles. The van der Waals surface area contributed by atoms with Crippen molar-refractivity contribution in [3.05, 3.63) is 57.4 Å². The number of benzene rings is 1. The van der Waals surface area contributed by atoms with Crippen LogP contribution in [0.4, 0.5) is 0 Å². The van der Waals surface area contributed by atoms with Crippen LogP contribution in [0.5, 0.6) is 5.75 Å². The summed E-state index contributed by atoms with van der Waals surface area (Å²) in [5, 5.41) is 11.8. The molecule has 0 spiro atoms. The number of aliphatic hydroxyl groups is 1. The highest BCUT2D eigenvalue weighted by Gasteiger charge is 2.45. The second kappa shape index (κ2) is 11.5. The zero-order chi connectivity index (χ0) is 28.4. The molecule has 8 nitrogen and oxygen atoms in total. The molecule has 0 fully saturated rings. The molecular weight excluding hydrogens is 508 g/mol. The van der Waals surface area contributed by atoms with Crippen LogP contribution >= 0.6 is 0 Å². The third-order valence-electron chi connectivity index (χ3n) is 8.34. The fourth-order valence-electron chi connectivity index (χ4n) is 5.77. The summed E-state index contributed by atoms with van der Waals surface area (Å²) in [4.78, 5) is 43.3. The molecule has 5 rings (SSSR count). The largest absolute Gasteiger partial charge is 0.458 e. The number of pyridine rings is 2. The predicted molar refractivity (Wildman–Crippen MR) is 152 cm³/mol. The van der Waals surface area contributed by atoms with Gasteiger partial charge in [0, 0.05) is 16.5 Å². The van der Waals surface area contributed by atoms with Gasteiger partial charge in [-0.3, -0.25) is 9.59 Å². The molecule has 0 radical (unpaired) electrons. The maximum atomic E-state index is 13.3. The van der Waals surface area contributed by atoms with Gasteiger partial charge in [-0.05, 0) is 43.2 Å². The van der Waals surface area contributed by atoms with E-state index in [2.05, 4.69) is 6.92 Å². The Kier molecular flexibility index (Phi) is 8.08. The van der Waals surface area contributed by atoms with Gasteiger partial charge >= 0.3 is 11.9 Å². The van der Waals surface area contributed by atoms with E-state index < -0.39 is 11.6 Å². The fraction of sp³-hybridized carbons (Fsp3) is 0.500. The average Bonchev–Trinajstić information content (AvgIpc) is 3.31. The lowest BCUT2D eigenvalue weighted by Gasteiger charge is -2.31. The molecule has 0 amide bonds. The van der Waals surface area contributed by atoms with E-state index in [0.29, 0.717) is 40.3 Å². The Morgan fingerprint density at radius 1 is 1.10 bits per heavy atom. The lowest BCUT2D eigenvalue weighted by atomic mass is 9.86. The number of unbranched alkanes of at least 4 members (excludes halogenated alkanes) is 6. The van der Waals surface area contributed by atoms with E-state index in [0.717, 1.165) is 30.2 Å². The van der Waals surface area contributed by atoms with Crippen molar-refractivity contribution in [3.8, 4) is 17.1 Å². The number of nitrogens with zero attached hydrogens (tertiary/aromatic N) is 2. The quantitative estimate of drug-likeness (QED) is 0.145. The van der Waals surface area contributed by atoms with Crippen molar-refractivity contribution in [3.63, 3.8) is 0 Å². The summed E-state index contributed by atoms with van der Waals surface area (Å²) in [5.41, 5.74) is 1.18. The number of hydrogen-bond donors (Lipinski definition) is 1. The molecule has 0 saturated carbocycles. The van der Waals surface area contributed by atoms with Crippen LogP contribution < -0.4 is 10.3 Å². The highest BCUT2D eigenvalue weighted by atomic mass is 16.6. The molecule has 4 heterocycles. The summed E-state index contributed by atoms with van der Waals surface area (Å²) in [6.45, 7) is 5.97. The molecule has 0 aliphatic carbocycles. The molecular formula is C32H38N2O6. The molecule has 1 unspecified atom stereocenters. The van der Waals surface area contributed by atoms with Gasteiger partial charge in [0.15, 0.2) is 5.60 Å². The summed E-state index contributed by atoms with van der Waals surface area (Å²) in [5.74, 6) is -0.675. The molecule has 2 aromatic heterocycles. The lowest BCUT2D eigenvalue weighted by molar-refractivity contribution is -0.172. The van der Waals surface area contributed by atoms with Crippen LogP contribution in [0, 0.1) is 5.92 Å². The Morgan fingerprint density at radius 3 is 2.60 bits per heavy atom. The highest BCUT2D eigenvalue weighted by Crippen LogP contribution is 2.39. The molecule has 40 heavy (non-hydrogen) atoms. The van der Waals surface area contributed by atoms with Gasteiger partial charge in [0.05, 0.1) is 34.9 Å². The lowest BCUT2D eigenvalue weighted by Crippen LogP contribution is -2.44. The monoisotopic (exact) mass is 546 g/mol. The standard InChI is InChI=1S/C32H38N2O6/c1-4-6-7-8-9-10-11-12-20(3)30(36)40-23-13-14-26-21(16-23)15-22-18-34-27(28(22)33-26)17-25-24(29(34)35)19-39-31(37)32(25,38)5-2/h13-17,20,38H,4-12,18-19H2,1-3H3/t20?,32-/m0/s1. The Bertz CT molecular complexity index is 1510. The first kappa shape index (κ1) is 28.0. The normalized spacial score (nSPS) is 18.1. The summed E-state index contributed by atoms with van der Waals surface area (Å²) in [6.07, 6.45) is 9.38. The van der Waals surface area contributed by atoms with Crippen LogP contribution in [-0.4, -0.2) is 26.6 Å². The van der Waals surface area contributed by atoms with E-state index in [1.165, 1.54) is 32.1 Å². The van der Waals surface area contributed by atoms with Gasteiger partial charge in [0.2, 0.25) is 0 Å². The number of esters is 2. The van der Waals surface area contributed by atoms with Gasteiger partial charge in [-0.25, -0.2) is 9.78 Å². The van der Waals surface area contributed by atoms with Gasteiger partial charge in [0.1, 0.15) is 12.4 Å². The van der Waals surface area contributed by atoms with Gasteiger partial charge in [-0.1, -0.05) is 65.7 Å². The van der Waals surface area contributed by atoms with E-state index in [1.807, 2.05) is 13.0 Å².